The number of hydrogen-bond acceptors (Lipinski definition) is 1. The van der Waals surface area contributed by atoms with Crippen molar-refractivity contribution < 1.29 is 0 Å². The van der Waals surface area contributed by atoms with Crippen LogP contribution in [0.15, 0.2) is 42.5 Å². The van der Waals surface area contributed by atoms with E-state index in [9.17, 15) is 0 Å². The Morgan fingerprint density at radius 1 is 1.11 bits per heavy atom. The maximum absolute atomic E-state index is 3.70. The molecule has 0 aromatic heterocycles. The van der Waals surface area contributed by atoms with Gasteiger partial charge in [-0.3, -0.25) is 0 Å². The van der Waals surface area contributed by atoms with Crippen molar-refractivity contribution in [2.45, 2.75) is 44.7 Å². The number of nitrogens with one attached hydrogen (secondary N) is 1. The lowest BCUT2D eigenvalue weighted by Gasteiger charge is -2.18. The Morgan fingerprint density at radius 2 is 1.89 bits per heavy atom. The van der Waals surface area contributed by atoms with E-state index >= 15 is 0 Å². The summed E-state index contributed by atoms with van der Waals surface area (Å²) in [5.41, 5.74) is 1.50. The second-order valence-electron chi connectivity index (χ2n) is 5.53. The third kappa shape index (κ3) is 2.04. The van der Waals surface area contributed by atoms with E-state index in [4.69, 9.17) is 0 Å². The average Bonchev–Trinajstić information content (AvgIpc) is 2.79. The fourth-order valence-corrected chi connectivity index (χ4v) is 3.30. The largest absolute Gasteiger partial charge is 0.311 e. The van der Waals surface area contributed by atoms with Crippen LogP contribution in [0.1, 0.15) is 38.2 Å². The normalized spacial score (nSPS) is 27.8. The molecule has 18 heavy (non-hydrogen) atoms. The van der Waals surface area contributed by atoms with Gasteiger partial charge in [0.15, 0.2) is 0 Å². The van der Waals surface area contributed by atoms with Gasteiger partial charge in [-0.1, -0.05) is 49.4 Å². The molecule has 1 fully saturated rings. The van der Waals surface area contributed by atoms with Crippen molar-refractivity contribution in [3.8, 4) is 0 Å². The second-order valence-corrected chi connectivity index (χ2v) is 5.53. The van der Waals surface area contributed by atoms with Crippen LogP contribution in [-0.4, -0.2) is 12.1 Å². The highest BCUT2D eigenvalue weighted by Gasteiger charge is 2.30. The molecule has 0 saturated carbocycles. The van der Waals surface area contributed by atoms with Crippen LogP contribution >= 0.6 is 0 Å². The molecule has 0 bridgehead atoms. The number of hydrogen-bond donors (Lipinski definition) is 1. The lowest BCUT2D eigenvalue weighted by atomic mass is 9.88. The summed E-state index contributed by atoms with van der Waals surface area (Å²) in [6.07, 6.45) is 2.47. The Morgan fingerprint density at radius 3 is 2.67 bits per heavy atom. The molecule has 0 amide bonds. The van der Waals surface area contributed by atoms with Gasteiger partial charge in [-0.05, 0) is 36.1 Å². The van der Waals surface area contributed by atoms with Gasteiger partial charge >= 0.3 is 0 Å². The molecular weight excluding hydrogens is 218 g/mol. The highest BCUT2D eigenvalue weighted by molar-refractivity contribution is 5.83. The molecule has 0 spiro atoms. The molecule has 1 nitrogen and oxygen atoms in total. The zero-order chi connectivity index (χ0) is 12.5. The summed E-state index contributed by atoms with van der Waals surface area (Å²) in [5.74, 6) is 0.676. The van der Waals surface area contributed by atoms with Crippen LogP contribution in [0, 0.1) is 0 Å². The standard InChI is InChI=1S/C17H21N/c1-3-17-16(10-12(2)18-17)15-9-8-13-6-4-5-7-14(13)11-15/h4-9,11-12,16-18H,3,10H2,1-2H3. The van der Waals surface area contributed by atoms with E-state index in [-0.39, 0.29) is 0 Å². The van der Waals surface area contributed by atoms with Crippen LogP contribution < -0.4 is 5.32 Å². The Kier molecular flexibility index (Phi) is 3.09. The molecule has 1 aliphatic heterocycles. The third-order valence-electron chi connectivity index (χ3n) is 4.23. The average molecular weight is 239 g/mol. The zero-order valence-electron chi connectivity index (χ0n) is 11.2. The van der Waals surface area contributed by atoms with Gasteiger partial charge < -0.3 is 5.32 Å². The van der Waals surface area contributed by atoms with Gasteiger partial charge in [0.2, 0.25) is 0 Å². The van der Waals surface area contributed by atoms with E-state index in [0.29, 0.717) is 18.0 Å². The fraction of sp³-hybridized carbons (Fsp3) is 0.412. The Bertz CT molecular complexity index is 546. The monoisotopic (exact) mass is 239 g/mol. The van der Waals surface area contributed by atoms with Gasteiger partial charge in [0.1, 0.15) is 0 Å². The summed E-state index contributed by atoms with van der Waals surface area (Å²) in [4.78, 5) is 0. The molecule has 3 unspecified atom stereocenters. The molecule has 94 valence electrons. The van der Waals surface area contributed by atoms with Crippen molar-refractivity contribution in [1.29, 1.82) is 0 Å². The quantitative estimate of drug-likeness (QED) is 0.832. The minimum absolute atomic E-state index is 0.640. The van der Waals surface area contributed by atoms with E-state index in [2.05, 4.69) is 61.6 Å². The molecule has 1 heterocycles. The van der Waals surface area contributed by atoms with E-state index in [0.717, 1.165) is 0 Å². The SMILES string of the molecule is CCC1NC(C)CC1c1ccc2ccccc2c1. The van der Waals surface area contributed by atoms with E-state index in [1.54, 1.807) is 0 Å². The van der Waals surface area contributed by atoms with E-state index in [1.165, 1.54) is 29.2 Å². The Labute approximate surface area is 109 Å². The zero-order valence-corrected chi connectivity index (χ0v) is 11.2. The molecule has 1 N–H and O–H groups in total. The smallest absolute Gasteiger partial charge is 0.0136 e. The second kappa shape index (κ2) is 4.74. The minimum Gasteiger partial charge on any atom is -0.311 e. The van der Waals surface area contributed by atoms with Gasteiger partial charge in [0.25, 0.3) is 0 Å². The van der Waals surface area contributed by atoms with Gasteiger partial charge in [-0.15, -0.1) is 0 Å². The summed E-state index contributed by atoms with van der Waals surface area (Å²) in [7, 11) is 0. The molecule has 3 atom stereocenters. The molecular formula is C17H21N. The first-order valence-corrected chi connectivity index (χ1v) is 7.02. The van der Waals surface area contributed by atoms with Gasteiger partial charge in [0, 0.05) is 18.0 Å². The molecule has 1 heteroatoms. The molecule has 3 rings (SSSR count). The van der Waals surface area contributed by atoms with Crippen molar-refractivity contribution in [2.24, 2.45) is 0 Å². The van der Waals surface area contributed by atoms with Gasteiger partial charge in [-0.2, -0.15) is 0 Å². The maximum Gasteiger partial charge on any atom is 0.0136 e. The topological polar surface area (TPSA) is 12.0 Å². The molecule has 1 aliphatic rings. The number of rotatable bonds is 2. The fourth-order valence-electron chi connectivity index (χ4n) is 3.30. The van der Waals surface area contributed by atoms with Crippen LogP contribution in [0.3, 0.4) is 0 Å². The van der Waals surface area contributed by atoms with Crippen LogP contribution in [0.4, 0.5) is 0 Å². The first-order valence-electron chi connectivity index (χ1n) is 7.02. The van der Waals surface area contributed by atoms with Gasteiger partial charge in [-0.25, -0.2) is 0 Å². The van der Waals surface area contributed by atoms with Crippen molar-refractivity contribution in [3.63, 3.8) is 0 Å². The predicted molar refractivity (Wildman–Crippen MR) is 78.0 cm³/mol. The maximum atomic E-state index is 3.70. The molecule has 2 aromatic rings. The summed E-state index contributed by atoms with van der Waals surface area (Å²) in [6, 6.07) is 16.9. The molecule has 0 radical (unpaired) electrons. The summed E-state index contributed by atoms with van der Waals surface area (Å²) in [6.45, 7) is 4.58. The first kappa shape index (κ1) is 11.7. The van der Waals surface area contributed by atoms with Crippen molar-refractivity contribution in [2.75, 3.05) is 0 Å². The third-order valence-corrected chi connectivity index (χ3v) is 4.23. The van der Waals surface area contributed by atoms with Crippen LogP contribution in [0.25, 0.3) is 10.8 Å². The molecule has 1 saturated heterocycles. The van der Waals surface area contributed by atoms with Crippen LogP contribution in [-0.2, 0) is 0 Å². The van der Waals surface area contributed by atoms with E-state index < -0.39 is 0 Å². The molecule has 2 aromatic carbocycles. The summed E-state index contributed by atoms with van der Waals surface area (Å²) in [5, 5.41) is 6.41. The Hall–Kier alpha value is -1.34. The highest BCUT2D eigenvalue weighted by atomic mass is 15.0. The highest BCUT2D eigenvalue weighted by Crippen LogP contribution is 2.33. The lowest BCUT2D eigenvalue weighted by Crippen LogP contribution is -2.28. The lowest BCUT2D eigenvalue weighted by molar-refractivity contribution is 0.517. The number of benzene rings is 2. The van der Waals surface area contributed by atoms with Crippen LogP contribution in [0.5, 0.6) is 0 Å². The first-order chi connectivity index (χ1) is 8.78. The summed E-state index contributed by atoms with van der Waals surface area (Å²) < 4.78 is 0. The van der Waals surface area contributed by atoms with Crippen molar-refractivity contribution in [3.05, 3.63) is 48.0 Å². The summed E-state index contributed by atoms with van der Waals surface area (Å²) >= 11 is 0. The van der Waals surface area contributed by atoms with Gasteiger partial charge in [0.05, 0.1) is 0 Å². The van der Waals surface area contributed by atoms with Crippen molar-refractivity contribution >= 4 is 10.8 Å². The Balaban J connectivity index is 1.98. The minimum atomic E-state index is 0.640. The molecule has 0 aliphatic carbocycles. The van der Waals surface area contributed by atoms with Crippen LogP contribution in [0.2, 0.25) is 0 Å². The predicted octanol–water partition coefficient (Wildman–Crippen LogP) is 4.08. The van der Waals surface area contributed by atoms with Crippen molar-refractivity contribution in [1.82, 2.24) is 5.32 Å². The number of fused-ring (bicyclic) bond motifs is 1. The van der Waals surface area contributed by atoms with E-state index in [1.807, 2.05) is 0 Å².